The molecule has 0 aromatic heterocycles. The van der Waals surface area contributed by atoms with Crippen molar-refractivity contribution in [3.05, 3.63) is 35.4 Å². The van der Waals surface area contributed by atoms with Crippen LogP contribution < -0.4 is 0 Å². The van der Waals surface area contributed by atoms with E-state index in [1.165, 1.54) is 11.1 Å². The Bertz CT molecular complexity index is 483. The summed E-state index contributed by atoms with van der Waals surface area (Å²) < 4.78 is 23.5. The van der Waals surface area contributed by atoms with Gasteiger partial charge in [0.1, 0.15) is 9.84 Å². The normalized spacial score (nSPS) is 13.4. The lowest BCUT2D eigenvalue weighted by Gasteiger charge is -2.15. The minimum atomic E-state index is -2.90. The first kappa shape index (κ1) is 16.5. The van der Waals surface area contributed by atoms with Crippen LogP contribution in [0.3, 0.4) is 0 Å². The highest BCUT2D eigenvalue weighted by Gasteiger charge is 2.15. The Morgan fingerprint density at radius 3 is 2.47 bits per heavy atom. The largest absolute Gasteiger partial charge is 0.229 e. The van der Waals surface area contributed by atoms with Gasteiger partial charge in [-0.2, -0.15) is 0 Å². The van der Waals surface area contributed by atoms with Gasteiger partial charge < -0.3 is 0 Å². The molecular weight excluding hydrogens is 280 g/mol. The molecule has 1 unspecified atom stereocenters. The zero-order valence-corrected chi connectivity index (χ0v) is 13.3. The van der Waals surface area contributed by atoms with Gasteiger partial charge in [-0.3, -0.25) is 0 Å². The fourth-order valence-electron chi connectivity index (χ4n) is 2.14. The quantitative estimate of drug-likeness (QED) is 0.688. The summed E-state index contributed by atoms with van der Waals surface area (Å²) in [4.78, 5) is 0. The van der Waals surface area contributed by atoms with Gasteiger partial charge in [0.2, 0.25) is 0 Å². The van der Waals surface area contributed by atoms with Crippen LogP contribution in [0.15, 0.2) is 24.3 Å². The van der Waals surface area contributed by atoms with Crippen LogP contribution in [0.1, 0.15) is 30.9 Å². The molecule has 19 heavy (non-hydrogen) atoms. The third-order valence-corrected chi connectivity index (χ3v) is 5.66. The van der Waals surface area contributed by atoms with Crippen LogP contribution in [-0.2, 0) is 16.3 Å². The van der Waals surface area contributed by atoms with Gasteiger partial charge in [0, 0.05) is 11.6 Å². The first-order valence-corrected chi connectivity index (χ1v) is 9.15. The topological polar surface area (TPSA) is 34.1 Å². The van der Waals surface area contributed by atoms with Crippen molar-refractivity contribution >= 4 is 21.4 Å². The average molecular weight is 303 g/mol. The minimum absolute atomic E-state index is 0.231. The molecule has 0 heterocycles. The summed E-state index contributed by atoms with van der Waals surface area (Å²) in [5, 5.41) is 0. The second-order valence-electron chi connectivity index (χ2n) is 5.09. The Morgan fingerprint density at radius 1 is 1.21 bits per heavy atom. The SMILES string of the molecule is CCCS(=O)(=O)CCC(CCl)Cc1ccccc1C. The predicted octanol–water partition coefficient (Wildman–Crippen LogP) is 3.61. The molecule has 0 saturated heterocycles. The Morgan fingerprint density at radius 2 is 1.89 bits per heavy atom. The van der Waals surface area contributed by atoms with E-state index in [2.05, 4.69) is 19.1 Å². The number of hydrogen-bond acceptors (Lipinski definition) is 2. The van der Waals surface area contributed by atoms with E-state index in [0.29, 0.717) is 18.7 Å². The molecule has 4 heteroatoms. The Kier molecular flexibility index (Phi) is 6.87. The van der Waals surface area contributed by atoms with Gasteiger partial charge in [-0.15, -0.1) is 11.6 Å². The van der Waals surface area contributed by atoms with Gasteiger partial charge in [-0.05, 0) is 43.2 Å². The van der Waals surface area contributed by atoms with Crippen molar-refractivity contribution in [2.75, 3.05) is 17.4 Å². The molecule has 0 amide bonds. The van der Waals surface area contributed by atoms with E-state index in [4.69, 9.17) is 11.6 Å². The van der Waals surface area contributed by atoms with Crippen molar-refractivity contribution < 1.29 is 8.42 Å². The maximum absolute atomic E-state index is 11.7. The summed E-state index contributed by atoms with van der Waals surface area (Å²) in [6, 6.07) is 8.20. The van der Waals surface area contributed by atoms with E-state index >= 15 is 0 Å². The molecule has 0 radical (unpaired) electrons. The molecule has 0 aliphatic rings. The first-order chi connectivity index (χ1) is 8.98. The van der Waals surface area contributed by atoms with Crippen molar-refractivity contribution in [1.82, 2.24) is 0 Å². The second kappa shape index (κ2) is 7.91. The van der Waals surface area contributed by atoms with Crippen LogP contribution in [-0.4, -0.2) is 25.8 Å². The zero-order valence-electron chi connectivity index (χ0n) is 11.7. The van der Waals surface area contributed by atoms with Crippen molar-refractivity contribution in [1.29, 1.82) is 0 Å². The van der Waals surface area contributed by atoms with Gasteiger partial charge in [-0.25, -0.2) is 8.42 Å². The second-order valence-corrected chi connectivity index (χ2v) is 7.70. The number of benzene rings is 1. The molecule has 0 aliphatic heterocycles. The van der Waals surface area contributed by atoms with Crippen LogP contribution in [0.2, 0.25) is 0 Å². The third kappa shape index (κ3) is 5.96. The van der Waals surface area contributed by atoms with Crippen molar-refractivity contribution in [2.24, 2.45) is 5.92 Å². The number of sulfone groups is 1. The van der Waals surface area contributed by atoms with E-state index in [1.54, 1.807) is 0 Å². The summed E-state index contributed by atoms with van der Waals surface area (Å²) in [6.07, 6.45) is 2.20. The molecule has 0 saturated carbocycles. The molecule has 1 aromatic carbocycles. The number of hydrogen-bond donors (Lipinski definition) is 0. The van der Waals surface area contributed by atoms with E-state index in [1.807, 2.05) is 19.1 Å². The highest BCUT2D eigenvalue weighted by molar-refractivity contribution is 7.91. The molecule has 0 spiro atoms. The Hall–Kier alpha value is -0.540. The maximum Gasteiger partial charge on any atom is 0.150 e. The Labute approximate surface area is 122 Å². The molecule has 0 N–H and O–H groups in total. The van der Waals surface area contributed by atoms with Crippen molar-refractivity contribution in [3.63, 3.8) is 0 Å². The highest BCUT2D eigenvalue weighted by atomic mass is 35.5. The van der Waals surface area contributed by atoms with Crippen LogP contribution in [0, 0.1) is 12.8 Å². The lowest BCUT2D eigenvalue weighted by atomic mass is 9.96. The molecule has 108 valence electrons. The van der Waals surface area contributed by atoms with E-state index in [9.17, 15) is 8.42 Å². The van der Waals surface area contributed by atoms with Crippen LogP contribution in [0.4, 0.5) is 0 Å². The fraction of sp³-hybridized carbons (Fsp3) is 0.600. The third-order valence-electron chi connectivity index (χ3n) is 3.34. The predicted molar refractivity (Wildman–Crippen MR) is 82.7 cm³/mol. The molecular formula is C15H23ClO2S. The number of aryl methyl sites for hydroxylation is 1. The summed E-state index contributed by atoms with van der Waals surface area (Å²) in [6.45, 7) is 3.97. The van der Waals surface area contributed by atoms with Gasteiger partial charge >= 0.3 is 0 Å². The van der Waals surface area contributed by atoms with Crippen LogP contribution >= 0.6 is 11.6 Å². The van der Waals surface area contributed by atoms with Crippen LogP contribution in [0.5, 0.6) is 0 Å². The highest BCUT2D eigenvalue weighted by Crippen LogP contribution is 2.18. The molecule has 2 nitrogen and oxygen atoms in total. The smallest absolute Gasteiger partial charge is 0.150 e. The summed E-state index contributed by atoms with van der Waals surface area (Å²) >= 11 is 5.98. The van der Waals surface area contributed by atoms with Crippen molar-refractivity contribution in [2.45, 2.75) is 33.1 Å². The monoisotopic (exact) mass is 302 g/mol. The molecule has 0 aliphatic carbocycles. The molecule has 0 fully saturated rings. The molecule has 1 atom stereocenters. The summed E-state index contributed by atoms with van der Waals surface area (Å²) in [7, 11) is -2.90. The van der Waals surface area contributed by atoms with E-state index < -0.39 is 9.84 Å². The summed E-state index contributed by atoms with van der Waals surface area (Å²) in [5.41, 5.74) is 2.51. The zero-order chi connectivity index (χ0) is 14.3. The van der Waals surface area contributed by atoms with Gasteiger partial charge in [-0.1, -0.05) is 31.2 Å². The van der Waals surface area contributed by atoms with Gasteiger partial charge in [0.25, 0.3) is 0 Å². The standard InChI is InChI=1S/C15H23ClO2S/c1-3-9-19(17,18)10-8-14(12-16)11-15-7-5-4-6-13(15)2/h4-7,14H,3,8-12H2,1-2H3. The molecule has 0 bridgehead atoms. The van der Waals surface area contributed by atoms with Crippen molar-refractivity contribution in [3.8, 4) is 0 Å². The Balaban J connectivity index is 2.58. The van der Waals surface area contributed by atoms with Gasteiger partial charge in [0.05, 0.1) is 5.75 Å². The lowest BCUT2D eigenvalue weighted by Crippen LogP contribution is -2.16. The fourth-order valence-corrected chi connectivity index (χ4v) is 3.93. The van der Waals surface area contributed by atoms with E-state index in [-0.39, 0.29) is 17.4 Å². The number of rotatable bonds is 8. The summed E-state index contributed by atoms with van der Waals surface area (Å²) in [5.74, 6) is 1.28. The lowest BCUT2D eigenvalue weighted by molar-refractivity contribution is 0.546. The number of alkyl halides is 1. The van der Waals surface area contributed by atoms with E-state index in [0.717, 1.165) is 6.42 Å². The first-order valence-electron chi connectivity index (χ1n) is 6.79. The van der Waals surface area contributed by atoms with Gasteiger partial charge in [0.15, 0.2) is 0 Å². The maximum atomic E-state index is 11.7. The number of halogens is 1. The van der Waals surface area contributed by atoms with Crippen LogP contribution in [0.25, 0.3) is 0 Å². The molecule has 1 rings (SSSR count). The minimum Gasteiger partial charge on any atom is -0.229 e. The average Bonchev–Trinajstić information content (AvgIpc) is 2.36. The molecule has 1 aromatic rings.